The highest BCUT2D eigenvalue weighted by atomic mass is 16.3. The molecular formula is C32H50O. The molecule has 0 fully saturated rings. The second-order valence-corrected chi connectivity index (χ2v) is 9.91. The van der Waals surface area contributed by atoms with Gasteiger partial charge in [-0.3, -0.25) is 0 Å². The van der Waals surface area contributed by atoms with Crippen molar-refractivity contribution in [1.82, 2.24) is 0 Å². The number of benzene rings is 2. The van der Waals surface area contributed by atoms with Crippen molar-refractivity contribution in [2.24, 2.45) is 0 Å². The Balaban J connectivity index is 1.92. The van der Waals surface area contributed by atoms with Gasteiger partial charge < -0.3 is 5.11 Å². The van der Waals surface area contributed by atoms with Crippen LogP contribution in [0.4, 0.5) is 0 Å². The summed E-state index contributed by atoms with van der Waals surface area (Å²) in [7, 11) is 0. The van der Waals surface area contributed by atoms with E-state index in [1.165, 1.54) is 114 Å². The third-order valence-electron chi connectivity index (χ3n) is 7.03. The number of phenols is 1. The third kappa shape index (κ3) is 10.8. The minimum absolute atomic E-state index is 0.440. The van der Waals surface area contributed by atoms with Gasteiger partial charge in [-0.15, -0.1) is 0 Å². The van der Waals surface area contributed by atoms with Crippen LogP contribution >= 0.6 is 0 Å². The number of phenolic OH excluding ortho intramolecular Hbond substituents is 1. The van der Waals surface area contributed by atoms with Gasteiger partial charge in [0.05, 0.1) is 0 Å². The molecule has 0 saturated carbocycles. The van der Waals surface area contributed by atoms with Crippen molar-refractivity contribution in [2.45, 2.75) is 129 Å². The Hall–Kier alpha value is -1.76. The largest absolute Gasteiger partial charge is 0.507 e. The van der Waals surface area contributed by atoms with Crippen LogP contribution in [0.2, 0.25) is 0 Å². The van der Waals surface area contributed by atoms with Crippen molar-refractivity contribution in [1.29, 1.82) is 0 Å². The summed E-state index contributed by atoms with van der Waals surface area (Å²) in [6, 6.07) is 14.6. The van der Waals surface area contributed by atoms with Crippen LogP contribution < -0.4 is 0 Å². The van der Waals surface area contributed by atoms with Gasteiger partial charge in [0.1, 0.15) is 5.75 Å². The zero-order valence-electron chi connectivity index (χ0n) is 21.7. The van der Waals surface area contributed by atoms with E-state index in [1.807, 2.05) is 6.07 Å². The van der Waals surface area contributed by atoms with Crippen LogP contribution in [-0.2, 0) is 12.8 Å². The molecule has 0 atom stereocenters. The lowest BCUT2D eigenvalue weighted by Gasteiger charge is -2.17. The van der Waals surface area contributed by atoms with E-state index in [2.05, 4.69) is 50.2 Å². The normalized spacial score (nSPS) is 11.2. The SMILES string of the molecule is CCCCCCCCCCCCc1c(CCCCCCCC)ccc(O)c1-c1ccccc1. The Morgan fingerprint density at radius 1 is 0.515 bits per heavy atom. The minimum atomic E-state index is 0.440. The average Bonchev–Trinajstić information content (AvgIpc) is 2.84. The Morgan fingerprint density at radius 3 is 1.55 bits per heavy atom. The maximum absolute atomic E-state index is 10.8. The molecule has 0 unspecified atom stereocenters. The Bertz CT molecular complexity index is 734. The van der Waals surface area contributed by atoms with E-state index in [9.17, 15) is 5.11 Å². The zero-order valence-corrected chi connectivity index (χ0v) is 21.7. The van der Waals surface area contributed by atoms with Gasteiger partial charge in [0, 0.05) is 5.56 Å². The molecule has 0 saturated heterocycles. The van der Waals surface area contributed by atoms with Crippen molar-refractivity contribution < 1.29 is 5.11 Å². The maximum Gasteiger partial charge on any atom is 0.123 e. The Kier molecular flexibility index (Phi) is 14.7. The van der Waals surface area contributed by atoms with Crippen LogP contribution in [0, 0.1) is 0 Å². The summed E-state index contributed by atoms with van der Waals surface area (Å²) < 4.78 is 0. The summed E-state index contributed by atoms with van der Waals surface area (Å²) in [5.74, 6) is 0.440. The monoisotopic (exact) mass is 450 g/mol. The fourth-order valence-electron chi connectivity index (χ4n) is 5.01. The molecule has 184 valence electrons. The first-order valence-corrected chi connectivity index (χ1v) is 14.2. The van der Waals surface area contributed by atoms with Gasteiger partial charge in [0.25, 0.3) is 0 Å². The second kappa shape index (κ2) is 17.7. The molecule has 0 amide bonds. The van der Waals surface area contributed by atoms with E-state index in [0.717, 1.165) is 24.0 Å². The lowest BCUT2D eigenvalue weighted by atomic mass is 9.88. The highest BCUT2D eigenvalue weighted by Gasteiger charge is 2.14. The number of hydrogen-bond acceptors (Lipinski definition) is 1. The summed E-state index contributed by atoms with van der Waals surface area (Å²) in [5.41, 5.74) is 5.09. The Morgan fingerprint density at radius 2 is 1.00 bits per heavy atom. The van der Waals surface area contributed by atoms with Crippen molar-refractivity contribution >= 4 is 0 Å². The predicted octanol–water partition coefficient (Wildman–Crippen LogP) is 10.4. The first-order chi connectivity index (χ1) is 16.3. The van der Waals surface area contributed by atoms with Crippen LogP contribution in [-0.4, -0.2) is 5.11 Å². The van der Waals surface area contributed by atoms with E-state index >= 15 is 0 Å². The maximum atomic E-state index is 10.8. The fourth-order valence-corrected chi connectivity index (χ4v) is 5.01. The first-order valence-electron chi connectivity index (χ1n) is 14.2. The average molecular weight is 451 g/mol. The predicted molar refractivity (Wildman–Crippen MR) is 146 cm³/mol. The van der Waals surface area contributed by atoms with Crippen LogP contribution in [0.5, 0.6) is 5.75 Å². The van der Waals surface area contributed by atoms with Crippen molar-refractivity contribution in [3.05, 3.63) is 53.6 Å². The van der Waals surface area contributed by atoms with E-state index in [1.54, 1.807) is 0 Å². The lowest BCUT2D eigenvalue weighted by molar-refractivity contribution is 0.476. The molecule has 0 aromatic heterocycles. The highest BCUT2D eigenvalue weighted by molar-refractivity contribution is 5.75. The van der Waals surface area contributed by atoms with Crippen molar-refractivity contribution in [3.8, 4) is 16.9 Å². The summed E-state index contributed by atoms with van der Waals surface area (Å²) >= 11 is 0. The number of aryl methyl sites for hydroxylation is 1. The van der Waals surface area contributed by atoms with Gasteiger partial charge in [-0.05, 0) is 48.4 Å². The smallest absolute Gasteiger partial charge is 0.123 e. The molecule has 0 spiro atoms. The third-order valence-corrected chi connectivity index (χ3v) is 7.03. The van der Waals surface area contributed by atoms with Gasteiger partial charge in [0.15, 0.2) is 0 Å². The summed E-state index contributed by atoms with van der Waals surface area (Å²) in [5, 5.41) is 10.8. The highest BCUT2D eigenvalue weighted by Crippen LogP contribution is 2.36. The van der Waals surface area contributed by atoms with Gasteiger partial charge in [-0.25, -0.2) is 0 Å². The quantitative estimate of drug-likeness (QED) is 0.211. The summed E-state index contributed by atoms with van der Waals surface area (Å²) in [6.07, 6.45) is 23.8. The van der Waals surface area contributed by atoms with Crippen LogP contribution in [0.15, 0.2) is 42.5 Å². The van der Waals surface area contributed by atoms with Gasteiger partial charge in [-0.1, -0.05) is 140 Å². The lowest BCUT2D eigenvalue weighted by Crippen LogP contribution is -2.00. The number of hydrogen-bond donors (Lipinski definition) is 1. The van der Waals surface area contributed by atoms with E-state index < -0.39 is 0 Å². The molecule has 0 aliphatic carbocycles. The molecule has 0 bridgehead atoms. The second-order valence-electron chi connectivity index (χ2n) is 9.91. The molecule has 2 rings (SSSR count). The van der Waals surface area contributed by atoms with E-state index in [-0.39, 0.29) is 0 Å². The minimum Gasteiger partial charge on any atom is -0.507 e. The topological polar surface area (TPSA) is 20.2 Å². The van der Waals surface area contributed by atoms with Gasteiger partial charge in [0.2, 0.25) is 0 Å². The fraction of sp³-hybridized carbons (Fsp3) is 0.625. The molecule has 2 aromatic carbocycles. The molecule has 33 heavy (non-hydrogen) atoms. The zero-order chi connectivity index (χ0) is 23.6. The first kappa shape index (κ1) is 27.5. The molecule has 0 aliphatic rings. The summed E-state index contributed by atoms with van der Waals surface area (Å²) in [4.78, 5) is 0. The van der Waals surface area contributed by atoms with Crippen LogP contribution in [0.3, 0.4) is 0 Å². The molecular weight excluding hydrogens is 400 g/mol. The van der Waals surface area contributed by atoms with Crippen LogP contribution in [0.25, 0.3) is 11.1 Å². The van der Waals surface area contributed by atoms with E-state index in [0.29, 0.717) is 5.75 Å². The number of aromatic hydroxyl groups is 1. The molecule has 0 aliphatic heterocycles. The molecule has 0 radical (unpaired) electrons. The van der Waals surface area contributed by atoms with Gasteiger partial charge >= 0.3 is 0 Å². The molecule has 0 heterocycles. The van der Waals surface area contributed by atoms with Gasteiger partial charge in [-0.2, -0.15) is 0 Å². The molecule has 1 N–H and O–H groups in total. The van der Waals surface area contributed by atoms with E-state index in [4.69, 9.17) is 0 Å². The standard InChI is InChI=1S/C32H50O/c1-3-5-7-9-11-12-13-14-16-21-25-30-28(22-18-15-10-8-6-4-2)26-27-31(33)32(30)29-23-19-17-20-24-29/h17,19-20,23-24,26-27,33H,3-16,18,21-22,25H2,1-2H3. The molecule has 2 aromatic rings. The Labute approximate surface area is 205 Å². The molecule has 1 heteroatoms. The van der Waals surface area contributed by atoms with Crippen LogP contribution in [0.1, 0.15) is 128 Å². The molecule has 1 nitrogen and oxygen atoms in total. The van der Waals surface area contributed by atoms with Crippen molar-refractivity contribution in [2.75, 3.05) is 0 Å². The number of unbranched alkanes of at least 4 members (excludes halogenated alkanes) is 14. The summed E-state index contributed by atoms with van der Waals surface area (Å²) in [6.45, 7) is 4.57. The number of rotatable bonds is 19. The van der Waals surface area contributed by atoms with Crippen molar-refractivity contribution in [3.63, 3.8) is 0 Å².